The number of rotatable bonds is 5. The quantitative estimate of drug-likeness (QED) is 0.572. The van der Waals surface area contributed by atoms with Crippen molar-refractivity contribution in [3.05, 3.63) is 83.9 Å². The summed E-state index contributed by atoms with van der Waals surface area (Å²) < 4.78 is 0. The van der Waals surface area contributed by atoms with Crippen LogP contribution in [-0.2, 0) is 0 Å². The van der Waals surface area contributed by atoms with E-state index < -0.39 is 0 Å². The van der Waals surface area contributed by atoms with Gasteiger partial charge in [0.2, 0.25) is 0 Å². The van der Waals surface area contributed by atoms with Crippen molar-refractivity contribution >= 4 is 29.1 Å². The lowest BCUT2D eigenvalue weighted by atomic mass is 9.88. The highest BCUT2D eigenvalue weighted by Crippen LogP contribution is 2.27. The predicted octanol–water partition coefficient (Wildman–Crippen LogP) is 5.65. The summed E-state index contributed by atoms with van der Waals surface area (Å²) in [5.74, 6) is 0.0251. The molecule has 1 fully saturated rings. The Morgan fingerprint density at radius 2 is 1.52 bits per heavy atom. The third-order valence-corrected chi connectivity index (χ3v) is 5.87. The van der Waals surface area contributed by atoms with E-state index in [1.165, 1.54) is 29.2 Å². The standard InChI is InChI=1S/C25H28N2O.ClH/c1-18(21-15-9-13-19-10-5-6-14-22(19)21)26-23-16-7-8-17-24(23)27-25(28)20-11-3-2-4-12-20;/h2-6,9-15,18,23-24,26H,7-8,16-17H2,1H3,(H,27,28);1H/t18?,23-,24-;/m1./s1. The van der Waals surface area contributed by atoms with Crippen LogP contribution in [0.25, 0.3) is 10.8 Å². The fraction of sp³-hybridized carbons (Fsp3) is 0.320. The molecule has 3 atom stereocenters. The second-order valence-corrected chi connectivity index (χ2v) is 7.79. The van der Waals surface area contributed by atoms with Crippen molar-refractivity contribution in [2.45, 2.75) is 50.7 Å². The summed E-state index contributed by atoms with van der Waals surface area (Å²) in [6.07, 6.45) is 4.49. The summed E-state index contributed by atoms with van der Waals surface area (Å²) in [7, 11) is 0. The van der Waals surface area contributed by atoms with Gasteiger partial charge in [0.05, 0.1) is 0 Å². The van der Waals surface area contributed by atoms with Gasteiger partial charge in [-0.15, -0.1) is 12.4 Å². The van der Waals surface area contributed by atoms with Crippen LogP contribution in [0.5, 0.6) is 0 Å². The second-order valence-electron chi connectivity index (χ2n) is 7.79. The van der Waals surface area contributed by atoms with Crippen molar-refractivity contribution in [1.82, 2.24) is 10.6 Å². The van der Waals surface area contributed by atoms with E-state index in [0.29, 0.717) is 0 Å². The van der Waals surface area contributed by atoms with Gasteiger partial charge in [-0.1, -0.05) is 73.5 Å². The summed E-state index contributed by atoms with van der Waals surface area (Å²) in [6.45, 7) is 2.23. The van der Waals surface area contributed by atoms with Gasteiger partial charge in [0.15, 0.2) is 0 Å². The van der Waals surface area contributed by atoms with Crippen molar-refractivity contribution in [2.24, 2.45) is 0 Å². The first kappa shape index (κ1) is 21.4. The Balaban J connectivity index is 0.00000240. The maximum atomic E-state index is 12.7. The molecule has 3 aromatic carbocycles. The monoisotopic (exact) mass is 408 g/mol. The summed E-state index contributed by atoms with van der Waals surface area (Å²) >= 11 is 0. The molecule has 1 aliphatic rings. The van der Waals surface area contributed by atoms with Gasteiger partial charge in [0, 0.05) is 23.7 Å². The van der Waals surface area contributed by atoms with Crippen LogP contribution in [0.15, 0.2) is 72.8 Å². The predicted molar refractivity (Wildman–Crippen MR) is 123 cm³/mol. The Morgan fingerprint density at radius 1 is 0.862 bits per heavy atom. The molecule has 29 heavy (non-hydrogen) atoms. The molecule has 0 bridgehead atoms. The molecule has 0 spiro atoms. The zero-order valence-corrected chi connectivity index (χ0v) is 17.6. The fourth-order valence-electron chi connectivity index (χ4n) is 4.38. The van der Waals surface area contributed by atoms with Crippen LogP contribution in [-0.4, -0.2) is 18.0 Å². The van der Waals surface area contributed by atoms with E-state index in [1.807, 2.05) is 30.3 Å². The normalized spacial score (nSPS) is 19.9. The minimum atomic E-state index is 0. The lowest BCUT2D eigenvalue weighted by Gasteiger charge is -2.35. The number of hydrogen-bond acceptors (Lipinski definition) is 2. The van der Waals surface area contributed by atoms with Crippen LogP contribution in [0.1, 0.15) is 54.6 Å². The summed E-state index contributed by atoms with van der Waals surface area (Å²) in [6, 6.07) is 25.2. The van der Waals surface area contributed by atoms with Crippen molar-refractivity contribution in [3.63, 3.8) is 0 Å². The third-order valence-electron chi connectivity index (χ3n) is 5.87. The molecular formula is C25H29ClN2O. The van der Waals surface area contributed by atoms with E-state index in [0.717, 1.165) is 18.4 Å². The average molecular weight is 409 g/mol. The van der Waals surface area contributed by atoms with E-state index in [4.69, 9.17) is 0 Å². The number of benzene rings is 3. The van der Waals surface area contributed by atoms with Crippen LogP contribution in [0, 0.1) is 0 Å². The van der Waals surface area contributed by atoms with E-state index in [9.17, 15) is 4.79 Å². The molecule has 1 aliphatic carbocycles. The highest BCUT2D eigenvalue weighted by atomic mass is 35.5. The van der Waals surface area contributed by atoms with E-state index in [-0.39, 0.29) is 36.4 Å². The number of fused-ring (bicyclic) bond motifs is 1. The average Bonchev–Trinajstić information content (AvgIpc) is 2.75. The van der Waals surface area contributed by atoms with Gasteiger partial charge in [-0.25, -0.2) is 0 Å². The molecule has 1 saturated carbocycles. The molecule has 1 unspecified atom stereocenters. The highest BCUT2D eigenvalue weighted by Gasteiger charge is 2.28. The van der Waals surface area contributed by atoms with E-state index >= 15 is 0 Å². The summed E-state index contributed by atoms with van der Waals surface area (Å²) in [5.41, 5.74) is 2.05. The highest BCUT2D eigenvalue weighted by molar-refractivity contribution is 5.94. The van der Waals surface area contributed by atoms with Gasteiger partial charge in [0.25, 0.3) is 5.91 Å². The molecule has 152 valence electrons. The molecule has 3 nitrogen and oxygen atoms in total. The van der Waals surface area contributed by atoms with E-state index in [1.54, 1.807) is 0 Å². The van der Waals surface area contributed by atoms with Crippen LogP contribution >= 0.6 is 12.4 Å². The second kappa shape index (κ2) is 9.91. The van der Waals surface area contributed by atoms with Crippen molar-refractivity contribution in [2.75, 3.05) is 0 Å². The van der Waals surface area contributed by atoms with E-state index in [2.05, 4.69) is 60.0 Å². The molecule has 4 rings (SSSR count). The molecule has 2 N–H and O–H groups in total. The minimum absolute atomic E-state index is 0. The summed E-state index contributed by atoms with van der Waals surface area (Å²) in [5, 5.41) is 9.66. The molecule has 0 radical (unpaired) electrons. The maximum absolute atomic E-state index is 12.7. The van der Waals surface area contributed by atoms with Gasteiger partial charge in [-0.2, -0.15) is 0 Å². The Morgan fingerprint density at radius 3 is 2.31 bits per heavy atom. The van der Waals surface area contributed by atoms with Gasteiger partial charge in [-0.3, -0.25) is 4.79 Å². The van der Waals surface area contributed by atoms with Gasteiger partial charge in [-0.05, 0) is 48.2 Å². The molecule has 1 amide bonds. The summed E-state index contributed by atoms with van der Waals surface area (Å²) in [4.78, 5) is 12.7. The molecule has 3 aromatic rings. The van der Waals surface area contributed by atoms with Crippen LogP contribution in [0.4, 0.5) is 0 Å². The zero-order chi connectivity index (χ0) is 19.3. The first-order valence-corrected chi connectivity index (χ1v) is 10.3. The largest absolute Gasteiger partial charge is 0.348 e. The topological polar surface area (TPSA) is 41.1 Å². The Bertz CT molecular complexity index is 938. The molecular weight excluding hydrogens is 380 g/mol. The van der Waals surface area contributed by atoms with Crippen molar-refractivity contribution in [3.8, 4) is 0 Å². The van der Waals surface area contributed by atoms with Crippen molar-refractivity contribution in [1.29, 1.82) is 0 Å². The Hall–Kier alpha value is -2.36. The van der Waals surface area contributed by atoms with Gasteiger partial charge >= 0.3 is 0 Å². The SMILES string of the molecule is CC(N[C@@H]1CCCC[C@H]1NC(=O)c1ccccc1)c1cccc2ccccc12.Cl. The fourth-order valence-corrected chi connectivity index (χ4v) is 4.38. The zero-order valence-electron chi connectivity index (χ0n) is 16.8. The first-order valence-electron chi connectivity index (χ1n) is 10.3. The molecule has 0 heterocycles. The number of hydrogen-bond donors (Lipinski definition) is 2. The number of halogens is 1. The lowest BCUT2D eigenvalue weighted by molar-refractivity contribution is 0.0913. The first-order chi connectivity index (χ1) is 13.7. The van der Waals surface area contributed by atoms with Crippen LogP contribution < -0.4 is 10.6 Å². The van der Waals surface area contributed by atoms with Gasteiger partial charge < -0.3 is 10.6 Å². The number of carbonyl (C=O) groups is 1. The Kier molecular flexibility index (Phi) is 7.29. The molecule has 0 aliphatic heterocycles. The smallest absolute Gasteiger partial charge is 0.251 e. The lowest BCUT2D eigenvalue weighted by Crippen LogP contribution is -2.52. The number of amides is 1. The van der Waals surface area contributed by atoms with Gasteiger partial charge in [0.1, 0.15) is 0 Å². The minimum Gasteiger partial charge on any atom is -0.348 e. The number of carbonyl (C=O) groups excluding carboxylic acids is 1. The number of nitrogens with one attached hydrogen (secondary N) is 2. The molecule has 0 saturated heterocycles. The van der Waals surface area contributed by atoms with Crippen molar-refractivity contribution < 1.29 is 4.79 Å². The maximum Gasteiger partial charge on any atom is 0.251 e. The Labute approximate surface area is 179 Å². The van der Waals surface area contributed by atoms with Crippen LogP contribution in [0.2, 0.25) is 0 Å². The molecule has 4 heteroatoms. The third kappa shape index (κ3) is 4.98. The molecule has 0 aromatic heterocycles. The van der Waals surface area contributed by atoms with Crippen LogP contribution in [0.3, 0.4) is 0 Å².